The molecule has 2 rings (SSSR count). The third kappa shape index (κ3) is 2.44. The van der Waals surface area contributed by atoms with Gasteiger partial charge in [0.25, 0.3) is 0 Å². The molecule has 0 bridgehead atoms. The summed E-state index contributed by atoms with van der Waals surface area (Å²) in [4.78, 5) is 11.2. The molecule has 4 heteroatoms. The van der Waals surface area contributed by atoms with Gasteiger partial charge in [0.2, 0.25) is 0 Å². The second-order valence-electron chi connectivity index (χ2n) is 3.92. The molecule has 1 aliphatic heterocycles. The highest BCUT2D eigenvalue weighted by Gasteiger charge is 2.21. The van der Waals surface area contributed by atoms with Crippen LogP contribution in [0.2, 0.25) is 0 Å². The fraction of sp³-hybridized carbons (Fsp3) is 0.417. The minimum atomic E-state index is -0.859. The van der Waals surface area contributed by atoms with Gasteiger partial charge in [0.15, 0.2) is 0 Å². The molecule has 1 saturated heterocycles. The lowest BCUT2D eigenvalue weighted by atomic mass is 9.88. The number of carboxylic acids is 1. The summed E-state index contributed by atoms with van der Waals surface area (Å²) < 4.78 is 6.09. The molecule has 1 heterocycles. The first-order valence-corrected chi connectivity index (χ1v) is 6.08. The zero-order chi connectivity index (χ0) is 11.5. The van der Waals surface area contributed by atoms with Crippen molar-refractivity contribution in [3.63, 3.8) is 0 Å². The number of benzene rings is 1. The van der Waals surface area contributed by atoms with Crippen LogP contribution in [0.15, 0.2) is 22.7 Å². The van der Waals surface area contributed by atoms with E-state index in [1.54, 1.807) is 6.07 Å². The quantitative estimate of drug-likeness (QED) is 0.908. The molecule has 0 unspecified atom stereocenters. The van der Waals surface area contributed by atoms with Crippen LogP contribution in [-0.4, -0.2) is 24.3 Å². The molecular weight excluding hydrogens is 272 g/mol. The van der Waals surface area contributed by atoms with Crippen molar-refractivity contribution in [3.05, 3.63) is 33.8 Å². The topological polar surface area (TPSA) is 46.5 Å². The van der Waals surface area contributed by atoms with Crippen LogP contribution in [0.4, 0.5) is 0 Å². The molecule has 1 aliphatic rings. The number of hydrogen-bond donors (Lipinski definition) is 1. The summed E-state index contributed by atoms with van der Waals surface area (Å²) in [5, 5.41) is 9.17. The molecule has 1 aromatic carbocycles. The maximum absolute atomic E-state index is 11.2. The molecular formula is C12H13BrO3. The molecule has 0 aromatic heterocycles. The Kier molecular flexibility index (Phi) is 3.61. The van der Waals surface area contributed by atoms with E-state index in [1.807, 2.05) is 12.1 Å². The molecule has 0 radical (unpaired) electrons. The highest BCUT2D eigenvalue weighted by molar-refractivity contribution is 9.10. The van der Waals surface area contributed by atoms with Crippen molar-refractivity contribution in [3.8, 4) is 0 Å². The minimum Gasteiger partial charge on any atom is -0.478 e. The molecule has 1 aromatic rings. The Hall–Kier alpha value is -0.870. The number of aromatic carboxylic acids is 1. The number of carboxylic acid groups (broad SMARTS) is 1. The molecule has 0 spiro atoms. The third-order valence-corrected chi connectivity index (χ3v) is 3.40. The normalized spacial score (nSPS) is 17.3. The van der Waals surface area contributed by atoms with Gasteiger partial charge in [0.1, 0.15) is 0 Å². The van der Waals surface area contributed by atoms with Crippen LogP contribution in [0.3, 0.4) is 0 Å². The van der Waals surface area contributed by atoms with Crippen LogP contribution >= 0.6 is 15.9 Å². The van der Waals surface area contributed by atoms with Crippen LogP contribution in [0.1, 0.15) is 34.7 Å². The van der Waals surface area contributed by atoms with Gasteiger partial charge in [0.05, 0.1) is 5.56 Å². The fourth-order valence-electron chi connectivity index (χ4n) is 2.08. The Morgan fingerprint density at radius 2 is 2.06 bits per heavy atom. The first kappa shape index (κ1) is 11.6. The van der Waals surface area contributed by atoms with Crippen molar-refractivity contribution in [2.24, 2.45) is 0 Å². The Labute approximate surface area is 103 Å². The highest BCUT2D eigenvalue weighted by atomic mass is 79.9. The molecule has 1 fully saturated rings. The average Bonchev–Trinajstić information content (AvgIpc) is 2.30. The van der Waals surface area contributed by atoms with Crippen LogP contribution in [0.25, 0.3) is 0 Å². The number of halogens is 1. The largest absolute Gasteiger partial charge is 0.478 e. The van der Waals surface area contributed by atoms with Gasteiger partial charge >= 0.3 is 5.97 Å². The van der Waals surface area contributed by atoms with Crippen LogP contribution in [0, 0.1) is 0 Å². The summed E-state index contributed by atoms with van der Waals surface area (Å²) in [6.45, 7) is 1.44. The molecule has 1 N–H and O–H groups in total. The van der Waals surface area contributed by atoms with E-state index < -0.39 is 5.97 Å². The van der Waals surface area contributed by atoms with E-state index in [4.69, 9.17) is 9.84 Å². The van der Waals surface area contributed by atoms with Gasteiger partial charge in [-0.15, -0.1) is 0 Å². The molecule has 0 aliphatic carbocycles. The molecule has 0 saturated carbocycles. The number of rotatable bonds is 2. The van der Waals surface area contributed by atoms with E-state index in [-0.39, 0.29) is 0 Å². The fourth-order valence-corrected chi connectivity index (χ4v) is 2.44. The highest BCUT2D eigenvalue weighted by Crippen LogP contribution is 2.31. The first-order chi connectivity index (χ1) is 7.68. The maximum atomic E-state index is 11.2. The number of carbonyl (C=O) groups is 1. The van der Waals surface area contributed by atoms with Crippen molar-refractivity contribution < 1.29 is 14.6 Å². The van der Waals surface area contributed by atoms with Crippen LogP contribution in [-0.2, 0) is 4.74 Å². The minimum absolute atomic E-state index is 0.313. The lowest BCUT2D eigenvalue weighted by Gasteiger charge is -2.23. The first-order valence-electron chi connectivity index (χ1n) is 5.29. The van der Waals surface area contributed by atoms with Crippen LogP contribution in [0.5, 0.6) is 0 Å². The van der Waals surface area contributed by atoms with Gasteiger partial charge in [-0.1, -0.05) is 22.0 Å². The van der Waals surface area contributed by atoms with Gasteiger partial charge in [-0.3, -0.25) is 0 Å². The lowest BCUT2D eigenvalue weighted by Crippen LogP contribution is -2.16. The molecule has 0 atom stereocenters. The summed E-state index contributed by atoms with van der Waals surface area (Å²) >= 11 is 3.30. The summed E-state index contributed by atoms with van der Waals surface area (Å²) in [7, 11) is 0. The smallest absolute Gasteiger partial charge is 0.336 e. The van der Waals surface area contributed by atoms with Crippen molar-refractivity contribution >= 4 is 21.9 Å². The van der Waals surface area contributed by atoms with Crippen molar-refractivity contribution in [1.82, 2.24) is 0 Å². The monoisotopic (exact) mass is 284 g/mol. The van der Waals surface area contributed by atoms with E-state index in [0.29, 0.717) is 11.5 Å². The van der Waals surface area contributed by atoms with E-state index in [2.05, 4.69) is 15.9 Å². The Morgan fingerprint density at radius 3 is 2.69 bits per heavy atom. The Balaban J connectivity index is 2.34. The van der Waals surface area contributed by atoms with Gasteiger partial charge in [-0.2, -0.15) is 0 Å². The van der Waals surface area contributed by atoms with E-state index in [0.717, 1.165) is 36.1 Å². The van der Waals surface area contributed by atoms with E-state index in [9.17, 15) is 4.79 Å². The number of ether oxygens (including phenoxy) is 1. The SMILES string of the molecule is O=C(O)c1cc(Br)ccc1C1CCOCC1. The zero-order valence-electron chi connectivity index (χ0n) is 8.78. The molecule has 3 nitrogen and oxygen atoms in total. The third-order valence-electron chi connectivity index (χ3n) is 2.91. The summed E-state index contributed by atoms with van der Waals surface area (Å²) in [6, 6.07) is 5.48. The number of hydrogen-bond acceptors (Lipinski definition) is 2. The van der Waals surface area contributed by atoms with Crippen molar-refractivity contribution in [1.29, 1.82) is 0 Å². The molecule has 16 heavy (non-hydrogen) atoms. The van der Waals surface area contributed by atoms with E-state index in [1.165, 1.54) is 0 Å². The predicted molar refractivity (Wildman–Crippen MR) is 63.9 cm³/mol. The average molecular weight is 285 g/mol. The summed E-state index contributed by atoms with van der Waals surface area (Å²) in [5.41, 5.74) is 1.33. The maximum Gasteiger partial charge on any atom is 0.336 e. The van der Waals surface area contributed by atoms with Crippen molar-refractivity contribution in [2.45, 2.75) is 18.8 Å². The Morgan fingerprint density at radius 1 is 1.38 bits per heavy atom. The van der Waals surface area contributed by atoms with Crippen molar-refractivity contribution in [2.75, 3.05) is 13.2 Å². The second kappa shape index (κ2) is 4.97. The summed E-state index contributed by atoms with van der Waals surface area (Å²) in [6.07, 6.45) is 1.81. The van der Waals surface area contributed by atoms with E-state index >= 15 is 0 Å². The van der Waals surface area contributed by atoms with Gasteiger partial charge < -0.3 is 9.84 Å². The molecule has 86 valence electrons. The predicted octanol–water partition coefficient (Wildman–Crippen LogP) is 3.04. The zero-order valence-corrected chi connectivity index (χ0v) is 10.4. The second-order valence-corrected chi connectivity index (χ2v) is 4.84. The lowest BCUT2D eigenvalue weighted by molar-refractivity contribution is 0.0685. The van der Waals surface area contributed by atoms with Gasteiger partial charge in [-0.25, -0.2) is 4.79 Å². The van der Waals surface area contributed by atoms with Gasteiger partial charge in [-0.05, 0) is 36.5 Å². The Bertz CT molecular complexity index is 397. The van der Waals surface area contributed by atoms with Gasteiger partial charge in [0, 0.05) is 17.7 Å². The summed E-state index contributed by atoms with van der Waals surface area (Å²) in [5.74, 6) is -0.546. The standard InChI is InChI=1S/C12H13BrO3/c13-9-1-2-10(11(7-9)12(14)15)8-3-5-16-6-4-8/h1-2,7-8H,3-6H2,(H,14,15). The van der Waals surface area contributed by atoms with Crippen LogP contribution < -0.4 is 0 Å². The molecule has 0 amide bonds.